The van der Waals surface area contributed by atoms with E-state index in [-0.39, 0.29) is 0 Å². The van der Waals surface area contributed by atoms with Crippen molar-refractivity contribution >= 4 is 23.4 Å². The second-order valence-electron chi connectivity index (χ2n) is 7.44. The first-order valence-electron chi connectivity index (χ1n) is 9.66. The quantitative estimate of drug-likeness (QED) is 0.664. The van der Waals surface area contributed by atoms with Crippen molar-refractivity contribution in [2.45, 2.75) is 64.2 Å². The van der Waals surface area contributed by atoms with E-state index in [0.717, 1.165) is 6.54 Å². The van der Waals surface area contributed by atoms with Gasteiger partial charge in [-0.3, -0.25) is 0 Å². The van der Waals surface area contributed by atoms with Crippen molar-refractivity contribution in [3.05, 3.63) is 41.1 Å². The van der Waals surface area contributed by atoms with Crippen LogP contribution < -0.4 is 0 Å². The SMILES string of the molecule is Cc1c(C2CCCCCCCC2)[nH]c2cccc(C3=CCN=B3)c12. The Kier molecular flexibility index (Phi) is 4.68. The second-order valence-corrected chi connectivity index (χ2v) is 7.44. The maximum atomic E-state index is 4.38. The fraction of sp³-hybridized carbons (Fsp3) is 0.524. The Bertz CT molecular complexity index is 774. The molecule has 1 aliphatic carbocycles. The van der Waals surface area contributed by atoms with Crippen LogP contribution in [0.25, 0.3) is 16.4 Å². The number of fused-ring (bicyclic) bond motifs is 1. The molecule has 0 bridgehead atoms. The summed E-state index contributed by atoms with van der Waals surface area (Å²) in [7, 11) is 2.03. The van der Waals surface area contributed by atoms with E-state index in [1.807, 2.05) is 7.07 Å². The zero-order valence-corrected chi connectivity index (χ0v) is 14.8. The molecule has 1 saturated carbocycles. The molecule has 24 heavy (non-hydrogen) atoms. The van der Waals surface area contributed by atoms with Crippen molar-refractivity contribution in [1.29, 1.82) is 0 Å². The molecule has 2 nitrogen and oxygen atoms in total. The normalized spacial score (nSPS) is 19.6. The van der Waals surface area contributed by atoms with Crippen molar-refractivity contribution < 1.29 is 0 Å². The number of rotatable bonds is 2. The number of aromatic nitrogens is 1. The number of aromatic amines is 1. The molecule has 4 rings (SSSR count). The molecule has 0 unspecified atom stereocenters. The van der Waals surface area contributed by atoms with Gasteiger partial charge in [-0.25, -0.2) is 0 Å². The Labute approximate surface area is 145 Å². The Hall–Kier alpha value is -1.64. The molecule has 1 aliphatic heterocycles. The van der Waals surface area contributed by atoms with Crippen LogP contribution >= 0.6 is 0 Å². The predicted molar refractivity (Wildman–Crippen MR) is 104 cm³/mol. The van der Waals surface area contributed by atoms with E-state index in [0.29, 0.717) is 5.92 Å². The van der Waals surface area contributed by atoms with Crippen molar-refractivity contribution in [1.82, 2.24) is 4.98 Å². The molecule has 2 aromatic rings. The van der Waals surface area contributed by atoms with Crippen molar-refractivity contribution in [2.75, 3.05) is 6.54 Å². The third-order valence-electron chi connectivity index (χ3n) is 5.83. The van der Waals surface area contributed by atoms with Crippen molar-refractivity contribution in [2.24, 2.45) is 4.90 Å². The van der Waals surface area contributed by atoms with Crippen molar-refractivity contribution in [3.8, 4) is 0 Å². The number of hydrogen-bond donors (Lipinski definition) is 1. The fourth-order valence-electron chi connectivity index (χ4n) is 4.54. The van der Waals surface area contributed by atoms with Gasteiger partial charge in [0.05, 0.1) is 0 Å². The third kappa shape index (κ3) is 3.01. The maximum absolute atomic E-state index is 4.38. The molecule has 1 aromatic heterocycles. The molecule has 0 saturated heterocycles. The first-order valence-corrected chi connectivity index (χ1v) is 9.66. The number of H-pyrrole nitrogens is 1. The number of aryl methyl sites for hydroxylation is 1. The van der Waals surface area contributed by atoms with Gasteiger partial charge >= 0.3 is 145 Å². The molecule has 1 N–H and O–H groups in total. The van der Waals surface area contributed by atoms with E-state index in [2.05, 4.69) is 41.1 Å². The van der Waals surface area contributed by atoms with Crippen LogP contribution in [-0.2, 0) is 0 Å². The summed E-state index contributed by atoms with van der Waals surface area (Å²) in [6, 6.07) is 6.66. The minimum atomic E-state index is 0.703. The molecular weight excluding hydrogens is 291 g/mol. The molecule has 0 spiro atoms. The van der Waals surface area contributed by atoms with Crippen LogP contribution in [-0.4, -0.2) is 18.6 Å². The average Bonchev–Trinajstić information content (AvgIpc) is 3.25. The van der Waals surface area contributed by atoms with Crippen LogP contribution in [0.15, 0.2) is 29.2 Å². The minimum absolute atomic E-state index is 0.703. The molecular formula is C21H27BN2. The summed E-state index contributed by atoms with van der Waals surface area (Å²) in [5, 5.41) is 1.41. The first-order chi connectivity index (χ1) is 11.8. The molecule has 124 valence electrons. The molecule has 2 heterocycles. The molecule has 0 radical (unpaired) electrons. The van der Waals surface area contributed by atoms with Gasteiger partial charge in [-0.2, -0.15) is 0 Å². The van der Waals surface area contributed by atoms with Gasteiger partial charge in [0, 0.05) is 0 Å². The van der Waals surface area contributed by atoms with Gasteiger partial charge in [0.15, 0.2) is 0 Å². The molecule has 2 aliphatic rings. The zero-order valence-electron chi connectivity index (χ0n) is 14.8. The summed E-state index contributed by atoms with van der Waals surface area (Å²) in [6.45, 7) is 3.14. The zero-order chi connectivity index (χ0) is 16.4. The summed E-state index contributed by atoms with van der Waals surface area (Å²) < 4.78 is 0. The first kappa shape index (κ1) is 15.9. The third-order valence-corrected chi connectivity index (χ3v) is 5.83. The summed E-state index contributed by atoms with van der Waals surface area (Å²) >= 11 is 0. The van der Waals surface area contributed by atoms with Gasteiger partial charge in [-0.15, -0.1) is 0 Å². The van der Waals surface area contributed by atoms with Crippen LogP contribution in [0.3, 0.4) is 0 Å². The van der Waals surface area contributed by atoms with Crippen LogP contribution in [0, 0.1) is 6.92 Å². The summed E-state index contributed by atoms with van der Waals surface area (Å²) in [6.07, 6.45) is 13.3. The summed E-state index contributed by atoms with van der Waals surface area (Å²) in [5.74, 6) is 0.703. The monoisotopic (exact) mass is 318 g/mol. The van der Waals surface area contributed by atoms with Gasteiger partial charge in [-0.1, -0.05) is 0 Å². The number of benzene rings is 1. The van der Waals surface area contributed by atoms with Crippen LogP contribution in [0.1, 0.15) is 74.1 Å². The Balaban J connectivity index is 1.74. The van der Waals surface area contributed by atoms with E-state index >= 15 is 0 Å². The van der Waals surface area contributed by atoms with E-state index in [9.17, 15) is 0 Å². The van der Waals surface area contributed by atoms with Crippen LogP contribution in [0.2, 0.25) is 0 Å². The van der Waals surface area contributed by atoms with Crippen LogP contribution in [0.4, 0.5) is 0 Å². The Morgan fingerprint density at radius 2 is 1.79 bits per heavy atom. The number of nitrogens with zero attached hydrogens (tertiary/aromatic N) is 1. The van der Waals surface area contributed by atoms with E-state index < -0.39 is 0 Å². The van der Waals surface area contributed by atoms with Crippen molar-refractivity contribution in [3.63, 3.8) is 0 Å². The second kappa shape index (κ2) is 7.08. The summed E-state index contributed by atoms with van der Waals surface area (Å²) in [5.41, 5.74) is 6.88. The molecule has 1 aromatic carbocycles. The van der Waals surface area contributed by atoms with Crippen LogP contribution in [0.5, 0.6) is 0 Å². The van der Waals surface area contributed by atoms with Gasteiger partial charge in [0.2, 0.25) is 0 Å². The predicted octanol–water partition coefficient (Wildman–Crippen LogP) is 5.94. The Morgan fingerprint density at radius 3 is 2.50 bits per heavy atom. The fourth-order valence-corrected chi connectivity index (χ4v) is 4.54. The topological polar surface area (TPSA) is 28.1 Å². The van der Waals surface area contributed by atoms with E-state index in [4.69, 9.17) is 0 Å². The molecule has 1 fully saturated rings. The molecule has 3 heteroatoms. The average molecular weight is 318 g/mol. The molecule has 0 atom stereocenters. The van der Waals surface area contributed by atoms with Gasteiger partial charge in [-0.05, 0) is 0 Å². The van der Waals surface area contributed by atoms with Gasteiger partial charge in [0.1, 0.15) is 0 Å². The molecule has 0 amide bonds. The standard InChI is InChI=1S/C21H27BN2/c1-15-20-17(18-13-14-23-22-18)11-8-12-19(20)24-21(15)16-9-6-4-2-3-5-7-10-16/h8,11-13,16,24H,2-7,9-10,14H2,1H3. The number of hydrogen-bond acceptors (Lipinski definition) is 1. The van der Waals surface area contributed by atoms with E-state index in [1.54, 1.807) is 0 Å². The van der Waals surface area contributed by atoms with Gasteiger partial charge < -0.3 is 0 Å². The van der Waals surface area contributed by atoms with E-state index in [1.165, 1.54) is 84.6 Å². The Morgan fingerprint density at radius 1 is 1.04 bits per heavy atom. The van der Waals surface area contributed by atoms with Gasteiger partial charge in [0.25, 0.3) is 0 Å². The number of nitrogens with one attached hydrogen (secondary N) is 1. The summed E-state index contributed by atoms with van der Waals surface area (Å²) in [4.78, 5) is 8.17.